The molecule has 0 unspecified atom stereocenters. The third kappa shape index (κ3) is 5.76. The van der Waals surface area contributed by atoms with Gasteiger partial charge in [0.15, 0.2) is 5.82 Å². The third-order valence-electron chi connectivity index (χ3n) is 5.55. The summed E-state index contributed by atoms with van der Waals surface area (Å²) in [6, 6.07) is 12.4. The molecule has 1 saturated heterocycles. The molecule has 0 saturated carbocycles. The number of carbonyl (C=O) groups excluding carboxylic acids is 1. The number of anilines is 1. The summed E-state index contributed by atoms with van der Waals surface area (Å²) in [5.41, 5.74) is -1.40. The molecule has 186 valence electrons. The average Bonchev–Trinajstić information content (AvgIpc) is 2.87. The van der Waals surface area contributed by atoms with Gasteiger partial charge in [-0.1, -0.05) is 18.1 Å². The van der Waals surface area contributed by atoms with Crippen molar-refractivity contribution in [1.29, 1.82) is 0 Å². The Labute approximate surface area is 202 Å². The van der Waals surface area contributed by atoms with Crippen LogP contribution < -0.4 is 4.90 Å². The van der Waals surface area contributed by atoms with Crippen LogP contribution >= 0.6 is 0 Å². The Morgan fingerprint density at radius 1 is 0.750 bits per heavy atom. The van der Waals surface area contributed by atoms with Crippen molar-refractivity contribution < 1.29 is 31.1 Å². The van der Waals surface area contributed by atoms with Crippen LogP contribution in [0.1, 0.15) is 32.7 Å². The van der Waals surface area contributed by atoms with E-state index in [1.54, 1.807) is 12.1 Å². The van der Waals surface area contributed by atoms with Crippen LogP contribution in [0.4, 0.5) is 32.2 Å². The molecule has 36 heavy (non-hydrogen) atoms. The fourth-order valence-electron chi connectivity index (χ4n) is 3.67. The molecule has 1 aromatic heterocycles. The Morgan fingerprint density at radius 2 is 1.42 bits per heavy atom. The van der Waals surface area contributed by atoms with Crippen LogP contribution in [0, 0.1) is 11.8 Å². The highest BCUT2D eigenvalue weighted by molar-refractivity contribution is 5.96. The highest BCUT2D eigenvalue weighted by Crippen LogP contribution is 2.32. The van der Waals surface area contributed by atoms with Gasteiger partial charge in [0, 0.05) is 31.7 Å². The van der Waals surface area contributed by atoms with E-state index in [2.05, 4.69) is 22.0 Å². The lowest BCUT2D eigenvalue weighted by atomic mass is 10.1. The number of carbonyl (C=O) groups is 1. The number of halogens is 6. The molecular weight excluding hydrogens is 486 g/mol. The second-order valence-corrected chi connectivity index (χ2v) is 7.92. The van der Waals surface area contributed by atoms with Crippen molar-refractivity contribution in [2.24, 2.45) is 0 Å². The van der Waals surface area contributed by atoms with E-state index < -0.39 is 29.4 Å². The van der Waals surface area contributed by atoms with E-state index in [0.717, 1.165) is 18.2 Å². The van der Waals surface area contributed by atoms with Gasteiger partial charge in [0.1, 0.15) is 5.69 Å². The van der Waals surface area contributed by atoms with Crippen LogP contribution in [0.15, 0.2) is 60.7 Å². The highest BCUT2D eigenvalue weighted by atomic mass is 19.4. The van der Waals surface area contributed by atoms with Crippen LogP contribution in [0.5, 0.6) is 0 Å². The molecule has 2 heterocycles. The number of amides is 1. The van der Waals surface area contributed by atoms with E-state index >= 15 is 0 Å². The molecule has 2 aromatic carbocycles. The van der Waals surface area contributed by atoms with E-state index in [1.165, 1.54) is 35.2 Å². The lowest BCUT2D eigenvalue weighted by Gasteiger charge is -2.35. The summed E-state index contributed by atoms with van der Waals surface area (Å²) in [5, 5.41) is 8.12. The van der Waals surface area contributed by atoms with Crippen LogP contribution in [-0.4, -0.2) is 47.2 Å². The molecule has 0 bridgehead atoms. The summed E-state index contributed by atoms with van der Waals surface area (Å²) < 4.78 is 77.7. The predicted molar refractivity (Wildman–Crippen MR) is 119 cm³/mol. The molecule has 0 spiro atoms. The molecule has 1 aliphatic rings. The maximum atomic E-state index is 13.3. The van der Waals surface area contributed by atoms with Crippen LogP contribution in [0.2, 0.25) is 0 Å². The number of piperazine rings is 1. The number of alkyl halides is 6. The first-order valence-corrected chi connectivity index (χ1v) is 10.8. The molecule has 1 aliphatic heterocycles. The first-order valence-electron chi connectivity index (χ1n) is 10.8. The second-order valence-electron chi connectivity index (χ2n) is 7.92. The average molecular weight is 504 g/mol. The first-order chi connectivity index (χ1) is 17.0. The van der Waals surface area contributed by atoms with Crippen molar-refractivity contribution in [2.75, 3.05) is 31.1 Å². The van der Waals surface area contributed by atoms with Gasteiger partial charge in [-0.15, -0.1) is 10.2 Å². The van der Waals surface area contributed by atoms with E-state index in [1.807, 2.05) is 4.90 Å². The summed E-state index contributed by atoms with van der Waals surface area (Å²) >= 11 is 0. The lowest BCUT2D eigenvalue weighted by Crippen LogP contribution is -2.49. The molecule has 11 heteroatoms. The molecule has 5 nitrogen and oxygen atoms in total. The van der Waals surface area contributed by atoms with Crippen LogP contribution in [0.25, 0.3) is 0 Å². The van der Waals surface area contributed by atoms with Crippen molar-refractivity contribution in [1.82, 2.24) is 15.1 Å². The summed E-state index contributed by atoms with van der Waals surface area (Å²) in [6.07, 6.45) is -9.04. The molecular formula is C25H18F6N4O. The zero-order chi connectivity index (χ0) is 25.9. The SMILES string of the molecule is O=C(c1ccccc1C(F)(F)F)N1CCN(c2ccc(C#Cc3ccc(C(F)(F)F)cc3)nn2)CC1. The van der Waals surface area contributed by atoms with Gasteiger partial charge in [-0.05, 0) is 54.5 Å². The number of aromatic nitrogens is 2. The Morgan fingerprint density at radius 3 is 2.00 bits per heavy atom. The van der Waals surface area contributed by atoms with Crippen molar-refractivity contribution in [3.63, 3.8) is 0 Å². The van der Waals surface area contributed by atoms with Crippen molar-refractivity contribution >= 4 is 11.7 Å². The Hall–Kier alpha value is -4.07. The lowest BCUT2D eigenvalue weighted by molar-refractivity contribution is -0.138. The van der Waals surface area contributed by atoms with Gasteiger partial charge >= 0.3 is 12.4 Å². The topological polar surface area (TPSA) is 49.3 Å². The standard InChI is InChI=1S/C25H18F6N4O/c26-24(27,28)18-8-5-17(6-9-18)7-10-19-11-12-22(33-32-19)34-13-15-35(16-14-34)23(36)20-3-1-2-4-21(20)25(29,30)31/h1-6,8-9,11-12H,13-16H2. The summed E-state index contributed by atoms with van der Waals surface area (Å²) in [7, 11) is 0. The van der Waals surface area contributed by atoms with Gasteiger partial charge in [0.25, 0.3) is 5.91 Å². The number of hydrogen-bond donors (Lipinski definition) is 0. The number of benzene rings is 2. The van der Waals surface area contributed by atoms with E-state index in [-0.39, 0.29) is 18.7 Å². The summed E-state index contributed by atoms with van der Waals surface area (Å²) in [4.78, 5) is 15.9. The zero-order valence-electron chi connectivity index (χ0n) is 18.6. The fourth-order valence-corrected chi connectivity index (χ4v) is 3.67. The highest BCUT2D eigenvalue weighted by Gasteiger charge is 2.36. The van der Waals surface area contributed by atoms with Gasteiger partial charge in [0.2, 0.25) is 0 Å². The molecule has 0 radical (unpaired) electrons. The van der Waals surface area contributed by atoms with E-state index in [0.29, 0.717) is 30.2 Å². The predicted octanol–water partition coefficient (Wildman–Crippen LogP) is 4.88. The molecule has 4 rings (SSSR count). The van der Waals surface area contributed by atoms with Gasteiger partial charge in [-0.2, -0.15) is 26.3 Å². The Kier molecular flexibility index (Phi) is 6.88. The monoisotopic (exact) mass is 504 g/mol. The molecule has 0 N–H and O–H groups in total. The molecule has 0 aliphatic carbocycles. The minimum atomic E-state index is -4.62. The number of hydrogen-bond acceptors (Lipinski definition) is 4. The smallest absolute Gasteiger partial charge is 0.352 e. The van der Waals surface area contributed by atoms with E-state index in [4.69, 9.17) is 0 Å². The van der Waals surface area contributed by atoms with Crippen molar-refractivity contribution in [3.8, 4) is 11.8 Å². The molecule has 0 atom stereocenters. The van der Waals surface area contributed by atoms with Gasteiger partial charge in [0.05, 0.1) is 16.7 Å². The molecule has 3 aromatic rings. The first kappa shape index (κ1) is 25.0. The van der Waals surface area contributed by atoms with Crippen molar-refractivity contribution in [3.05, 3.63) is 88.6 Å². The Balaban J connectivity index is 1.37. The third-order valence-corrected chi connectivity index (χ3v) is 5.55. The van der Waals surface area contributed by atoms with Crippen molar-refractivity contribution in [2.45, 2.75) is 12.4 Å². The van der Waals surface area contributed by atoms with Crippen LogP contribution in [-0.2, 0) is 12.4 Å². The second kappa shape index (κ2) is 9.89. The maximum Gasteiger partial charge on any atom is 0.417 e. The maximum absolute atomic E-state index is 13.3. The van der Waals surface area contributed by atoms with Gasteiger partial charge in [-0.25, -0.2) is 0 Å². The largest absolute Gasteiger partial charge is 0.417 e. The normalized spacial score (nSPS) is 14.3. The quantitative estimate of drug-likeness (QED) is 0.369. The van der Waals surface area contributed by atoms with Gasteiger partial charge in [-0.3, -0.25) is 4.79 Å². The Bertz CT molecular complexity index is 1280. The number of nitrogens with zero attached hydrogens (tertiary/aromatic N) is 4. The molecule has 1 amide bonds. The summed E-state index contributed by atoms with van der Waals surface area (Å²) in [5.74, 6) is 5.30. The van der Waals surface area contributed by atoms with E-state index in [9.17, 15) is 31.1 Å². The minimum absolute atomic E-state index is 0.210. The van der Waals surface area contributed by atoms with Crippen LogP contribution in [0.3, 0.4) is 0 Å². The number of rotatable bonds is 2. The van der Waals surface area contributed by atoms with Gasteiger partial charge < -0.3 is 9.80 Å². The minimum Gasteiger partial charge on any atom is -0.352 e. The fraction of sp³-hybridized carbons (Fsp3) is 0.240. The zero-order valence-corrected chi connectivity index (χ0v) is 18.6. The molecule has 1 fully saturated rings. The summed E-state index contributed by atoms with van der Waals surface area (Å²) in [6.45, 7) is 1.13.